The minimum atomic E-state index is -4.58. The molecule has 2 aromatic rings. The number of carbonyl (C=O) groups is 2. The van der Waals surface area contributed by atoms with Crippen LogP contribution >= 0.6 is 0 Å². The fourth-order valence-corrected chi connectivity index (χ4v) is 4.33. The molecule has 0 bridgehead atoms. The summed E-state index contributed by atoms with van der Waals surface area (Å²) in [6.07, 6.45) is -3.56. The van der Waals surface area contributed by atoms with E-state index in [4.69, 9.17) is 14.2 Å². The van der Waals surface area contributed by atoms with Crippen molar-refractivity contribution >= 4 is 11.9 Å². The van der Waals surface area contributed by atoms with Gasteiger partial charge >= 0.3 is 12.1 Å². The molecule has 4 rings (SSSR count). The number of rotatable bonds is 3. The van der Waals surface area contributed by atoms with Gasteiger partial charge in [-0.3, -0.25) is 4.79 Å². The highest BCUT2D eigenvalue weighted by Crippen LogP contribution is 2.40. The molecule has 2 aromatic carbocycles. The molecule has 6 nitrogen and oxygen atoms in total. The molecule has 1 amide bonds. The van der Waals surface area contributed by atoms with E-state index in [1.54, 1.807) is 12.1 Å². The van der Waals surface area contributed by atoms with Gasteiger partial charge in [0.15, 0.2) is 0 Å². The van der Waals surface area contributed by atoms with Crippen molar-refractivity contribution in [1.29, 1.82) is 0 Å². The molecule has 0 saturated carbocycles. The molecule has 2 aliphatic heterocycles. The number of methoxy groups -OCH3 is 1. The van der Waals surface area contributed by atoms with E-state index in [0.717, 1.165) is 6.07 Å². The van der Waals surface area contributed by atoms with Gasteiger partial charge in [-0.05, 0) is 36.6 Å². The van der Waals surface area contributed by atoms with Gasteiger partial charge in [-0.2, -0.15) is 13.2 Å². The van der Waals surface area contributed by atoms with Gasteiger partial charge in [-0.1, -0.05) is 24.3 Å². The van der Waals surface area contributed by atoms with Gasteiger partial charge in [0.05, 0.1) is 30.8 Å². The van der Waals surface area contributed by atoms with Crippen LogP contribution in [0.25, 0.3) is 0 Å². The van der Waals surface area contributed by atoms with Crippen LogP contribution in [0.5, 0.6) is 5.75 Å². The van der Waals surface area contributed by atoms with Crippen LogP contribution in [0, 0.1) is 5.92 Å². The smallest absolute Gasteiger partial charge is 0.416 e. The van der Waals surface area contributed by atoms with E-state index in [9.17, 15) is 22.8 Å². The predicted molar refractivity (Wildman–Crippen MR) is 112 cm³/mol. The summed E-state index contributed by atoms with van der Waals surface area (Å²) in [4.78, 5) is 26.9. The highest BCUT2D eigenvalue weighted by molar-refractivity contribution is 5.90. The molecule has 1 fully saturated rings. The summed E-state index contributed by atoms with van der Waals surface area (Å²) in [5.41, 5.74) is 0.0405. The van der Waals surface area contributed by atoms with Crippen LogP contribution in [0.4, 0.5) is 13.2 Å². The zero-order valence-corrected chi connectivity index (χ0v) is 18.1. The summed E-state index contributed by atoms with van der Waals surface area (Å²) < 4.78 is 57.4. The number of nitrogens with zero attached hydrogens (tertiary/aromatic N) is 1. The standard InChI is InChI=1S/C24H24F3NO5/c1-31-23(30)16-6-7-17-13-28(22(29)15-8-10-32-11-9-15)20(14-33-21(17)12-16)18-4-2-3-5-19(18)24(25,26)27/h2-7,12,15,20H,8-11,13-14H2,1H3/t20-/m0/s1. The molecule has 2 aliphatic rings. The number of benzene rings is 2. The number of halogens is 3. The Labute approximate surface area is 189 Å². The third-order valence-electron chi connectivity index (χ3n) is 6.08. The molecule has 0 N–H and O–H groups in total. The monoisotopic (exact) mass is 463 g/mol. The normalized spacial score (nSPS) is 19.3. The maximum atomic E-state index is 13.8. The molecular formula is C24H24F3NO5. The van der Waals surface area contributed by atoms with E-state index in [0.29, 0.717) is 37.4 Å². The third-order valence-corrected chi connectivity index (χ3v) is 6.08. The number of esters is 1. The Bertz CT molecular complexity index is 1030. The third kappa shape index (κ3) is 4.83. The predicted octanol–water partition coefficient (Wildman–Crippen LogP) is 4.38. The first-order valence-corrected chi connectivity index (χ1v) is 10.7. The van der Waals surface area contributed by atoms with Gasteiger partial charge in [0.25, 0.3) is 0 Å². The number of hydrogen-bond donors (Lipinski definition) is 0. The van der Waals surface area contributed by atoms with Crippen LogP contribution in [0.2, 0.25) is 0 Å². The van der Waals surface area contributed by atoms with Crippen molar-refractivity contribution < 1.29 is 37.0 Å². The van der Waals surface area contributed by atoms with Crippen LogP contribution in [-0.2, 0) is 27.0 Å². The summed E-state index contributed by atoms with van der Waals surface area (Å²) in [6.45, 7) is 0.747. The Hall–Kier alpha value is -3.07. The lowest BCUT2D eigenvalue weighted by Gasteiger charge is -2.35. The van der Waals surface area contributed by atoms with Gasteiger partial charge < -0.3 is 19.1 Å². The lowest BCUT2D eigenvalue weighted by molar-refractivity contribution is -0.145. The number of fused-ring (bicyclic) bond motifs is 1. The lowest BCUT2D eigenvalue weighted by atomic mass is 9.94. The molecule has 0 aliphatic carbocycles. The fourth-order valence-electron chi connectivity index (χ4n) is 4.33. The minimum Gasteiger partial charge on any atom is -0.491 e. The first-order valence-electron chi connectivity index (χ1n) is 10.7. The van der Waals surface area contributed by atoms with E-state index >= 15 is 0 Å². The maximum Gasteiger partial charge on any atom is 0.416 e. The number of ether oxygens (including phenoxy) is 3. The van der Waals surface area contributed by atoms with Gasteiger partial charge in [0.1, 0.15) is 12.4 Å². The van der Waals surface area contributed by atoms with Crippen LogP contribution in [0.3, 0.4) is 0 Å². The van der Waals surface area contributed by atoms with Gasteiger partial charge in [0.2, 0.25) is 5.91 Å². The first-order chi connectivity index (χ1) is 15.8. The Morgan fingerprint density at radius 1 is 1.09 bits per heavy atom. The summed E-state index contributed by atoms with van der Waals surface area (Å²) in [5, 5.41) is 0. The van der Waals surface area contributed by atoms with Crippen LogP contribution < -0.4 is 4.74 Å². The second-order valence-corrected chi connectivity index (χ2v) is 8.08. The van der Waals surface area contributed by atoms with Crippen molar-refractivity contribution in [2.45, 2.75) is 31.6 Å². The van der Waals surface area contributed by atoms with Gasteiger partial charge in [0, 0.05) is 24.7 Å². The van der Waals surface area contributed by atoms with Crippen molar-refractivity contribution in [2.75, 3.05) is 26.9 Å². The van der Waals surface area contributed by atoms with E-state index in [1.807, 2.05) is 0 Å². The highest BCUT2D eigenvalue weighted by atomic mass is 19.4. The summed E-state index contributed by atoms with van der Waals surface area (Å²) in [5.74, 6) is -0.779. The molecule has 0 spiro atoms. The van der Waals surface area contributed by atoms with E-state index in [-0.39, 0.29) is 36.1 Å². The zero-order chi connectivity index (χ0) is 23.6. The van der Waals surface area contributed by atoms with E-state index in [1.165, 1.54) is 36.3 Å². The zero-order valence-electron chi connectivity index (χ0n) is 18.1. The molecule has 33 heavy (non-hydrogen) atoms. The molecule has 0 aromatic heterocycles. The summed E-state index contributed by atoms with van der Waals surface area (Å²) in [6, 6.07) is 8.99. The van der Waals surface area contributed by atoms with Crippen molar-refractivity contribution in [2.24, 2.45) is 5.92 Å². The highest BCUT2D eigenvalue weighted by Gasteiger charge is 2.40. The lowest BCUT2D eigenvalue weighted by Crippen LogP contribution is -2.42. The topological polar surface area (TPSA) is 65.1 Å². The largest absolute Gasteiger partial charge is 0.491 e. The summed E-state index contributed by atoms with van der Waals surface area (Å²) >= 11 is 0. The average Bonchev–Trinajstić information content (AvgIpc) is 3.02. The van der Waals surface area contributed by atoms with Crippen molar-refractivity contribution in [3.05, 3.63) is 64.7 Å². The Morgan fingerprint density at radius 3 is 2.52 bits per heavy atom. The van der Waals surface area contributed by atoms with Crippen LogP contribution in [0.1, 0.15) is 45.9 Å². The SMILES string of the molecule is COC(=O)c1ccc2c(c1)OC[C@@H](c1ccccc1C(F)(F)F)N(C(=O)C1CCOCC1)C2. The molecule has 1 atom stereocenters. The van der Waals surface area contributed by atoms with E-state index in [2.05, 4.69) is 0 Å². The number of carbonyl (C=O) groups excluding carboxylic acids is 2. The summed E-state index contributed by atoms with van der Waals surface area (Å²) in [7, 11) is 1.26. The molecule has 176 valence electrons. The van der Waals surface area contributed by atoms with Crippen molar-refractivity contribution in [1.82, 2.24) is 4.90 Å². The molecule has 9 heteroatoms. The first kappa shape index (κ1) is 23.1. The maximum absolute atomic E-state index is 13.8. The Kier molecular flexibility index (Phi) is 6.60. The molecule has 0 radical (unpaired) electrons. The fraction of sp³-hybridized carbons (Fsp3) is 0.417. The molecule has 0 unspecified atom stereocenters. The number of amides is 1. The van der Waals surface area contributed by atoms with Gasteiger partial charge in [-0.15, -0.1) is 0 Å². The molecule has 2 heterocycles. The second-order valence-electron chi connectivity index (χ2n) is 8.08. The number of hydrogen-bond acceptors (Lipinski definition) is 5. The van der Waals surface area contributed by atoms with E-state index < -0.39 is 23.8 Å². The molecule has 1 saturated heterocycles. The number of alkyl halides is 3. The van der Waals surface area contributed by atoms with Gasteiger partial charge in [-0.25, -0.2) is 4.79 Å². The quantitative estimate of drug-likeness (QED) is 0.632. The van der Waals surface area contributed by atoms with Crippen molar-refractivity contribution in [3.8, 4) is 5.75 Å². The van der Waals surface area contributed by atoms with Crippen LogP contribution in [-0.4, -0.2) is 43.7 Å². The molecular weight excluding hydrogens is 439 g/mol. The second kappa shape index (κ2) is 9.43. The minimum absolute atomic E-state index is 0.0218. The Morgan fingerprint density at radius 2 is 1.82 bits per heavy atom. The average molecular weight is 463 g/mol. The van der Waals surface area contributed by atoms with Crippen LogP contribution in [0.15, 0.2) is 42.5 Å². The van der Waals surface area contributed by atoms with Crippen molar-refractivity contribution in [3.63, 3.8) is 0 Å². The Balaban J connectivity index is 1.76.